The molecule has 1 saturated carbocycles. The maximum atomic E-state index is 9.90. The summed E-state index contributed by atoms with van der Waals surface area (Å²) in [6.07, 6.45) is 2.43. The van der Waals surface area contributed by atoms with Crippen molar-refractivity contribution in [3.05, 3.63) is 0 Å². The first-order valence-electron chi connectivity index (χ1n) is 6.78. The average Bonchev–Trinajstić information content (AvgIpc) is 3.03. The lowest BCUT2D eigenvalue weighted by Crippen LogP contribution is -2.49. The number of aliphatic hydroxyl groups excluding tert-OH is 1. The zero-order valence-electron chi connectivity index (χ0n) is 10.7. The highest BCUT2D eigenvalue weighted by Crippen LogP contribution is 2.32. The van der Waals surface area contributed by atoms with E-state index in [1.54, 1.807) is 0 Å². The van der Waals surface area contributed by atoms with Gasteiger partial charge in [-0.25, -0.2) is 0 Å². The Morgan fingerprint density at radius 2 is 1.50 bits per heavy atom. The second-order valence-electron chi connectivity index (χ2n) is 5.90. The van der Waals surface area contributed by atoms with E-state index in [1.807, 2.05) is 0 Å². The lowest BCUT2D eigenvalue weighted by atomic mass is 10.1. The molecule has 2 aliphatic rings. The molecule has 1 N–H and O–H groups in total. The van der Waals surface area contributed by atoms with E-state index in [4.69, 9.17) is 0 Å². The van der Waals surface area contributed by atoms with Gasteiger partial charge in [-0.1, -0.05) is 13.8 Å². The summed E-state index contributed by atoms with van der Waals surface area (Å²) >= 11 is 0. The molecule has 1 saturated heterocycles. The van der Waals surface area contributed by atoms with Crippen molar-refractivity contribution in [1.29, 1.82) is 0 Å². The lowest BCUT2D eigenvalue weighted by molar-refractivity contribution is 0.0591. The Morgan fingerprint density at radius 1 is 1.00 bits per heavy atom. The normalized spacial score (nSPS) is 26.2. The molecule has 3 nitrogen and oxygen atoms in total. The van der Waals surface area contributed by atoms with Gasteiger partial charge in [-0.15, -0.1) is 0 Å². The highest BCUT2D eigenvalue weighted by molar-refractivity contribution is 4.84. The number of nitrogens with zero attached hydrogens (tertiary/aromatic N) is 2. The summed E-state index contributed by atoms with van der Waals surface area (Å²) in [5.41, 5.74) is 0. The van der Waals surface area contributed by atoms with E-state index in [0.29, 0.717) is 5.92 Å². The summed E-state index contributed by atoms with van der Waals surface area (Å²) in [4.78, 5) is 4.98. The molecule has 1 heterocycles. The van der Waals surface area contributed by atoms with Gasteiger partial charge >= 0.3 is 0 Å². The van der Waals surface area contributed by atoms with Crippen LogP contribution in [0.25, 0.3) is 0 Å². The molecule has 16 heavy (non-hydrogen) atoms. The fourth-order valence-electron chi connectivity index (χ4n) is 2.57. The average molecular weight is 226 g/mol. The zero-order chi connectivity index (χ0) is 11.5. The summed E-state index contributed by atoms with van der Waals surface area (Å²) in [5.74, 6) is 1.39. The summed E-state index contributed by atoms with van der Waals surface area (Å²) in [6.45, 7) is 11.3. The van der Waals surface area contributed by atoms with Crippen LogP contribution >= 0.6 is 0 Å². The Bertz CT molecular complexity index is 208. The van der Waals surface area contributed by atoms with Crippen LogP contribution in [-0.2, 0) is 0 Å². The van der Waals surface area contributed by atoms with Gasteiger partial charge in [0.2, 0.25) is 0 Å². The molecule has 1 aliphatic carbocycles. The fraction of sp³-hybridized carbons (Fsp3) is 1.00. The Kier molecular flexibility index (Phi) is 4.22. The first-order valence-corrected chi connectivity index (χ1v) is 6.78. The first kappa shape index (κ1) is 12.3. The molecule has 2 fully saturated rings. The van der Waals surface area contributed by atoms with Crippen molar-refractivity contribution in [1.82, 2.24) is 9.80 Å². The van der Waals surface area contributed by atoms with Gasteiger partial charge in [-0.05, 0) is 24.7 Å². The van der Waals surface area contributed by atoms with E-state index in [1.165, 1.54) is 32.5 Å². The van der Waals surface area contributed by atoms with E-state index >= 15 is 0 Å². The number of β-amino-alcohol motifs (C(OH)–C–C–N with tert-alkyl or cyclic N) is 1. The number of hydrogen-bond donors (Lipinski definition) is 1. The molecule has 1 aliphatic heterocycles. The third-order valence-electron chi connectivity index (χ3n) is 3.70. The van der Waals surface area contributed by atoms with Gasteiger partial charge in [0.25, 0.3) is 0 Å². The molecule has 0 amide bonds. The Hall–Kier alpha value is -0.120. The van der Waals surface area contributed by atoms with Gasteiger partial charge in [-0.2, -0.15) is 0 Å². The van der Waals surface area contributed by atoms with Gasteiger partial charge in [-0.3, -0.25) is 4.90 Å². The van der Waals surface area contributed by atoms with E-state index in [0.717, 1.165) is 25.6 Å². The minimum absolute atomic E-state index is 0.0587. The molecule has 0 spiro atoms. The third kappa shape index (κ3) is 3.72. The highest BCUT2D eigenvalue weighted by atomic mass is 16.3. The molecular weight excluding hydrogens is 200 g/mol. The summed E-state index contributed by atoms with van der Waals surface area (Å²) in [7, 11) is 0. The van der Waals surface area contributed by atoms with Gasteiger partial charge in [0.05, 0.1) is 6.10 Å². The standard InChI is InChI=1S/C13H26N2O/c1-11(2)9-14-5-7-15(8-6-14)10-13(16)12-3-4-12/h11-13,16H,3-10H2,1-2H3. The molecule has 94 valence electrons. The maximum absolute atomic E-state index is 9.90. The largest absolute Gasteiger partial charge is 0.392 e. The summed E-state index contributed by atoms with van der Waals surface area (Å²) < 4.78 is 0. The zero-order valence-corrected chi connectivity index (χ0v) is 10.7. The van der Waals surface area contributed by atoms with Crippen LogP contribution in [0.5, 0.6) is 0 Å². The van der Waals surface area contributed by atoms with E-state index in [9.17, 15) is 5.11 Å². The molecule has 2 rings (SSSR count). The van der Waals surface area contributed by atoms with Crippen LogP contribution in [-0.4, -0.2) is 60.3 Å². The van der Waals surface area contributed by atoms with Gasteiger partial charge in [0, 0.05) is 39.3 Å². The van der Waals surface area contributed by atoms with Crippen molar-refractivity contribution in [3.63, 3.8) is 0 Å². The van der Waals surface area contributed by atoms with Crippen LogP contribution in [0.4, 0.5) is 0 Å². The highest BCUT2D eigenvalue weighted by Gasteiger charge is 2.31. The number of aliphatic hydroxyl groups is 1. The van der Waals surface area contributed by atoms with E-state index < -0.39 is 0 Å². The van der Waals surface area contributed by atoms with Gasteiger partial charge in [0.15, 0.2) is 0 Å². The molecule has 3 heteroatoms. The van der Waals surface area contributed by atoms with Crippen molar-refractivity contribution in [2.75, 3.05) is 39.3 Å². The van der Waals surface area contributed by atoms with Crippen LogP contribution in [0, 0.1) is 11.8 Å². The Balaban J connectivity index is 1.64. The first-order chi connectivity index (χ1) is 7.65. The Labute approximate surface area is 99.4 Å². The predicted molar refractivity (Wildman–Crippen MR) is 66.4 cm³/mol. The topological polar surface area (TPSA) is 26.7 Å². The molecule has 1 unspecified atom stereocenters. The van der Waals surface area contributed by atoms with Crippen molar-refractivity contribution < 1.29 is 5.11 Å². The van der Waals surface area contributed by atoms with Crippen molar-refractivity contribution in [3.8, 4) is 0 Å². The number of rotatable bonds is 5. The van der Waals surface area contributed by atoms with Crippen LogP contribution < -0.4 is 0 Å². The second-order valence-corrected chi connectivity index (χ2v) is 5.90. The van der Waals surface area contributed by atoms with Crippen molar-refractivity contribution >= 4 is 0 Å². The lowest BCUT2D eigenvalue weighted by Gasteiger charge is -2.36. The quantitative estimate of drug-likeness (QED) is 0.758. The van der Waals surface area contributed by atoms with E-state index in [2.05, 4.69) is 23.6 Å². The SMILES string of the molecule is CC(C)CN1CCN(CC(O)C2CC2)CC1. The smallest absolute Gasteiger partial charge is 0.0695 e. The summed E-state index contributed by atoms with van der Waals surface area (Å²) in [6, 6.07) is 0. The number of piperazine rings is 1. The van der Waals surface area contributed by atoms with Crippen LogP contribution in [0.15, 0.2) is 0 Å². The molecule has 0 aromatic heterocycles. The van der Waals surface area contributed by atoms with Crippen molar-refractivity contribution in [2.45, 2.75) is 32.8 Å². The minimum Gasteiger partial charge on any atom is -0.392 e. The number of hydrogen-bond acceptors (Lipinski definition) is 3. The second kappa shape index (κ2) is 5.48. The fourth-order valence-corrected chi connectivity index (χ4v) is 2.57. The molecule has 0 radical (unpaired) electrons. The Morgan fingerprint density at radius 3 is 1.94 bits per heavy atom. The van der Waals surface area contributed by atoms with Crippen molar-refractivity contribution in [2.24, 2.45) is 11.8 Å². The summed E-state index contributed by atoms with van der Waals surface area (Å²) in [5, 5.41) is 9.90. The van der Waals surface area contributed by atoms with Gasteiger partial charge in [0.1, 0.15) is 0 Å². The third-order valence-corrected chi connectivity index (χ3v) is 3.70. The molecule has 0 bridgehead atoms. The van der Waals surface area contributed by atoms with Crippen LogP contribution in [0.2, 0.25) is 0 Å². The monoisotopic (exact) mass is 226 g/mol. The minimum atomic E-state index is -0.0587. The van der Waals surface area contributed by atoms with Gasteiger partial charge < -0.3 is 10.0 Å². The molecule has 1 atom stereocenters. The molecule has 0 aromatic carbocycles. The maximum Gasteiger partial charge on any atom is 0.0695 e. The molecular formula is C13H26N2O. The van der Waals surface area contributed by atoms with E-state index in [-0.39, 0.29) is 6.10 Å². The predicted octanol–water partition coefficient (Wildman–Crippen LogP) is 1.03. The van der Waals surface area contributed by atoms with Crippen LogP contribution in [0.1, 0.15) is 26.7 Å². The molecule has 0 aromatic rings. The van der Waals surface area contributed by atoms with Crippen LogP contribution in [0.3, 0.4) is 0 Å².